The number of nitrogens with two attached hydrogens (primary N) is 2. The van der Waals surface area contributed by atoms with Crippen LogP contribution in [-0.2, 0) is 13.7 Å². The zero-order valence-electron chi connectivity index (χ0n) is 14.3. The van der Waals surface area contributed by atoms with Gasteiger partial charge < -0.3 is 16.2 Å². The number of imidazole rings is 1. The lowest BCUT2D eigenvalue weighted by atomic mass is 10.2. The smallest absolute Gasteiger partial charge is 0.286 e. The maximum atomic E-state index is 5.90. The molecule has 128 valence electrons. The van der Waals surface area contributed by atoms with Crippen molar-refractivity contribution in [3.63, 3.8) is 0 Å². The van der Waals surface area contributed by atoms with Crippen LogP contribution in [0.25, 0.3) is 5.65 Å². The molecular formula is C18H22N6O+2. The normalized spacial score (nSPS) is 11.1. The van der Waals surface area contributed by atoms with Gasteiger partial charge in [-0.3, -0.25) is 0 Å². The molecule has 7 heteroatoms. The van der Waals surface area contributed by atoms with E-state index in [4.69, 9.17) is 16.2 Å². The number of nitrogens with one attached hydrogen (secondary N) is 1. The quantitative estimate of drug-likeness (QED) is 0.249. The molecule has 7 nitrogen and oxygen atoms in total. The molecule has 0 bridgehead atoms. The van der Waals surface area contributed by atoms with E-state index in [1.54, 1.807) is 6.21 Å². The monoisotopic (exact) mass is 338 g/mol. The molecule has 3 rings (SSSR count). The molecule has 5 N–H and O–H groups in total. The summed E-state index contributed by atoms with van der Waals surface area (Å²) in [6.07, 6.45) is 3.80. The number of guanidine groups is 1. The van der Waals surface area contributed by atoms with Gasteiger partial charge in [0.05, 0.1) is 7.05 Å². The summed E-state index contributed by atoms with van der Waals surface area (Å²) < 4.78 is 10.2. The molecule has 0 aliphatic heterocycles. The number of nitrogens with zero attached hydrogens (tertiary/aromatic N) is 3. The lowest BCUT2D eigenvalue weighted by Crippen LogP contribution is -2.63. The number of hydrazone groups is 1. The molecule has 0 unspecified atom stereocenters. The number of pyridine rings is 1. The van der Waals surface area contributed by atoms with Crippen molar-refractivity contribution in [1.82, 2.24) is 4.57 Å². The average Bonchev–Trinajstić information content (AvgIpc) is 2.92. The van der Waals surface area contributed by atoms with Gasteiger partial charge in [0.2, 0.25) is 6.21 Å². The van der Waals surface area contributed by atoms with Gasteiger partial charge in [-0.15, -0.1) is 5.10 Å². The van der Waals surface area contributed by atoms with E-state index in [0.717, 1.165) is 22.7 Å². The molecule has 3 aromatic rings. The number of benzene rings is 1. The highest BCUT2D eigenvalue weighted by Crippen LogP contribution is 2.14. The van der Waals surface area contributed by atoms with Crippen LogP contribution in [-0.4, -0.2) is 16.7 Å². The fourth-order valence-electron chi connectivity index (χ4n) is 2.57. The molecule has 0 saturated carbocycles. The lowest BCUT2D eigenvalue weighted by molar-refractivity contribution is -0.518. The van der Waals surface area contributed by atoms with Crippen LogP contribution in [0.3, 0.4) is 0 Å². The van der Waals surface area contributed by atoms with Crippen molar-refractivity contribution in [2.75, 3.05) is 0 Å². The first kappa shape index (κ1) is 16.5. The Hall–Kier alpha value is -3.35. The number of hydrogen-bond donors (Lipinski definition) is 3. The molecule has 0 saturated heterocycles. The molecule has 0 aliphatic rings. The molecule has 0 spiro atoms. The molecule has 0 radical (unpaired) electrons. The van der Waals surface area contributed by atoms with Crippen LogP contribution in [0.2, 0.25) is 0 Å². The molecule has 0 aliphatic carbocycles. The number of ether oxygens (including phenoxy) is 1. The van der Waals surface area contributed by atoms with Crippen LogP contribution >= 0.6 is 0 Å². The number of aromatic nitrogens is 2. The molecule has 25 heavy (non-hydrogen) atoms. The largest absolute Gasteiger partial charge is 0.485 e. The van der Waals surface area contributed by atoms with Crippen molar-refractivity contribution < 1.29 is 14.2 Å². The van der Waals surface area contributed by atoms with Gasteiger partial charge in [0, 0.05) is 16.7 Å². The van der Waals surface area contributed by atoms with Crippen molar-refractivity contribution >= 4 is 17.8 Å². The van der Waals surface area contributed by atoms with Gasteiger partial charge in [0.1, 0.15) is 17.6 Å². The topological polar surface area (TPSA) is 96.6 Å². The summed E-state index contributed by atoms with van der Waals surface area (Å²) in [5.41, 5.74) is 14.8. The van der Waals surface area contributed by atoms with Crippen molar-refractivity contribution in [2.45, 2.75) is 13.5 Å². The van der Waals surface area contributed by atoms with Gasteiger partial charge in [-0.25, -0.2) is 4.57 Å². The van der Waals surface area contributed by atoms with E-state index in [-0.39, 0.29) is 5.96 Å². The molecule has 2 aromatic heterocycles. The Balaban J connectivity index is 1.70. The first-order valence-corrected chi connectivity index (χ1v) is 7.90. The number of fused-ring (bicyclic) bond motifs is 1. The standard InChI is InChI=1S/C18H21N6O/c1-13-4-3-5-17-23(2)15(11-24(13)17)12-25-16-8-6-14(7-9-16)10-21-22-18(19)20/h3-11H,12H2,1-2H3,(H4,19,20,22)/q+1/p+1/b21-10-. The predicted molar refractivity (Wildman–Crippen MR) is 96.0 cm³/mol. The highest BCUT2D eigenvalue weighted by atomic mass is 16.5. The molecule has 1 aromatic carbocycles. The van der Waals surface area contributed by atoms with Crippen LogP contribution < -0.4 is 25.7 Å². The Bertz CT molecular complexity index is 936. The van der Waals surface area contributed by atoms with Gasteiger partial charge in [-0.2, -0.15) is 4.40 Å². The van der Waals surface area contributed by atoms with E-state index in [0.29, 0.717) is 6.61 Å². The molecule has 0 amide bonds. The summed E-state index contributed by atoms with van der Waals surface area (Å²) in [7, 11) is 2.04. The number of hydrogen-bond acceptors (Lipinski definition) is 2. The average molecular weight is 338 g/mol. The maximum Gasteiger partial charge on any atom is 0.286 e. The Morgan fingerprint density at radius 1 is 1.24 bits per heavy atom. The van der Waals surface area contributed by atoms with Gasteiger partial charge in [0.15, 0.2) is 12.3 Å². The summed E-state index contributed by atoms with van der Waals surface area (Å²) in [6.45, 7) is 2.58. The van der Waals surface area contributed by atoms with Crippen molar-refractivity contribution in [3.05, 3.63) is 65.6 Å². The summed E-state index contributed by atoms with van der Waals surface area (Å²) in [6, 6.07) is 13.9. The third kappa shape index (κ3) is 3.77. The van der Waals surface area contributed by atoms with Gasteiger partial charge in [0.25, 0.3) is 11.6 Å². The van der Waals surface area contributed by atoms with Crippen LogP contribution in [0, 0.1) is 6.92 Å². The van der Waals surface area contributed by atoms with Crippen molar-refractivity contribution in [1.29, 1.82) is 0 Å². The van der Waals surface area contributed by atoms with Gasteiger partial charge in [-0.1, -0.05) is 6.07 Å². The Kier molecular flexibility index (Phi) is 4.65. The third-order valence-corrected chi connectivity index (χ3v) is 3.95. The Morgan fingerprint density at radius 2 is 2.00 bits per heavy atom. The highest BCUT2D eigenvalue weighted by Gasteiger charge is 2.15. The zero-order chi connectivity index (χ0) is 17.8. The lowest BCUT2D eigenvalue weighted by Gasteiger charge is -2.03. The SMILES string of the molecule is Cc1cccc2n(C)c(COc3ccc(/C=[NH+]\N=C(N)N)cc3)c[n+]12. The van der Waals surface area contributed by atoms with Gasteiger partial charge >= 0.3 is 0 Å². The van der Waals surface area contributed by atoms with E-state index in [1.165, 1.54) is 5.69 Å². The maximum absolute atomic E-state index is 5.90. The van der Waals surface area contributed by atoms with Crippen molar-refractivity contribution in [3.8, 4) is 5.75 Å². The van der Waals surface area contributed by atoms with E-state index < -0.39 is 0 Å². The second-order valence-electron chi connectivity index (χ2n) is 5.74. The summed E-state index contributed by atoms with van der Waals surface area (Å²) in [4.78, 5) is 0. The van der Waals surface area contributed by atoms with E-state index in [1.807, 2.05) is 31.3 Å². The van der Waals surface area contributed by atoms with Crippen LogP contribution in [0.1, 0.15) is 17.0 Å². The third-order valence-electron chi connectivity index (χ3n) is 3.95. The second kappa shape index (κ2) is 7.04. The minimum Gasteiger partial charge on any atom is -0.485 e. The van der Waals surface area contributed by atoms with E-state index >= 15 is 0 Å². The first-order valence-electron chi connectivity index (χ1n) is 7.90. The second-order valence-corrected chi connectivity index (χ2v) is 5.74. The fraction of sp³-hybridized carbons (Fsp3) is 0.167. The highest BCUT2D eigenvalue weighted by molar-refractivity contribution is 5.77. The van der Waals surface area contributed by atoms with Gasteiger partial charge in [-0.05, 0) is 37.3 Å². The van der Waals surface area contributed by atoms with Crippen LogP contribution in [0.4, 0.5) is 0 Å². The molecule has 0 fully saturated rings. The number of rotatable bonds is 5. The minimum absolute atomic E-state index is 0.0146. The van der Waals surface area contributed by atoms with Crippen LogP contribution in [0.5, 0.6) is 5.75 Å². The summed E-state index contributed by atoms with van der Waals surface area (Å²) in [5.74, 6) is 0.783. The fourth-order valence-corrected chi connectivity index (χ4v) is 2.57. The zero-order valence-corrected chi connectivity index (χ0v) is 14.3. The van der Waals surface area contributed by atoms with Crippen LogP contribution in [0.15, 0.2) is 53.8 Å². The van der Waals surface area contributed by atoms with Crippen molar-refractivity contribution in [2.24, 2.45) is 23.6 Å². The summed E-state index contributed by atoms with van der Waals surface area (Å²) in [5, 5.41) is 6.36. The number of aryl methyl sites for hydroxylation is 2. The summed E-state index contributed by atoms with van der Waals surface area (Å²) >= 11 is 0. The molecule has 2 heterocycles. The molecule has 0 atom stereocenters. The molecular weight excluding hydrogens is 316 g/mol. The van der Waals surface area contributed by atoms with E-state index in [2.05, 4.69) is 50.5 Å². The Labute approximate surface area is 145 Å². The minimum atomic E-state index is -0.0146. The van der Waals surface area contributed by atoms with E-state index in [9.17, 15) is 0 Å². The first-order chi connectivity index (χ1) is 12.0. The predicted octanol–water partition coefficient (Wildman–Crippen LogP) is -0.661. The Morgan fingerprint density at radius 3 is 2.68 bits per heavy atom.